The van der Waals surface area contributed by atoms with Gasteiger partial charge in [-0.25, -0.2) is 9.67 Å². The largest absolute Gasteiger partial charge is 0.363 e. The third kappa shape index (κ3) is 4.54. The van der Waals surface area contributed by atoms with Crippen LogP contribution < -0.4 is 5.73 Å². The maximum absolute atomic E-state index is 10.7. The Hall–Kier alpha value is -1.21. The van der Waals surface area contributed by atoms with Crippen LogP contribution in [0.2, 0.25) is 25.7 Å². The van der Waals surface area contributed by atoms with Crippen molar-refractivity contribution in [1.82, 2.24) is 14.8 Å². The summed E-state index contributed by atoms with van der Waals surface area (Å²) in [6.45, 7) is 7.89. The Morgan fingerprint density at radius 1 is 1.56 bits per heavy atom. The minimum atomic E-state index is -1.05. The molecule has 0 saturated carbocycles. The van der Waals surface area contributed by atoms with Gasteiger partial charge in [0.2, 0.25) is 5.82 Å². The Labute approximate surface area is 95.8 Å². The molecule has 16 heavy (non-hydrogen) atoms. The molecule has 0 fully saturated rings. The van der Waals surface area contributed by atoms with Gasteiger partial charge in [-0.1, -0.05) is 19.6 Å². The van der Waals surface area contributed by atoms with Gasteiger partial charge in [0, 0.05) is 14.7 Å². The first-order valence-corrected chi connectivity index (χ1v) is 8.86. The van der Waals surface area contributed by atoms with E-state index in [-0.39, 0.29) is 5.82 Å². The van der Waals surface area contributed by atoms with Crippen molar-refractivity contribution < 1.29 is 9.53 Å². The van der Waals surface area contributed by atoms with Gasteiger partial charge in [-0.15, -0.1) is 5.10 Å². The second kappa shape index (κ2) is 5.22. The van der Waals surface area contributed by atoms with Crippen molar-refractivity contribution in [1.29, 1.82) is 0 Å². The first-order chi connectivity index (χ1) is 7.38. The number of amides is 1. The van der Waals surface area contributed by atoms with Crippen molar-refractivity contribution in [2.45, 2.75) is 32.4 Å². The molecule has 0 atom stereocenters. The summed E-state index contributed by atoms with van der Waals surface area (Å²) >= 11 is 0. The van der Waals surface area contributed by atoms with E-state index in [4.69, 9.17) is 10.5 Å². The van der Waals surface area contributed by atoms with Gasteiger partial charge in [0.1, 0.15) is 13.1 Å². The van der Waals surface area contributed by atoms with Crippen molar-refractivity contribution in [3.05, 3.63) is 12.2 Å². The van der Waals surface area contributed by atoms with E-state index in [9.17, 15) is 4.79 Å². The van der Waals surface area contributed by atoms with E-state index < -0.39 is 14.0 Å². The monoisotopic (exact) mass is 242 g/mol. The topological polar surface area (TPSA) is 83.0 Å². The number of nitrogens with two attached hydrogens (primary N) is 1. The highest BCUT2D eigenvalue weighted by Crippen LogP contribution is 2.07. The first-order valence-electron chi connectivity index (χ1n) is 5.15. The molecule has 0 unspecified atom stereocenters. The molecular formula is C9H18N4O2Si. The number of hydrogen-bond acceptors (Lipinski definition) is 4. The standard InChI is InChI=1S/C9H18N4O2Si/c1-16(2,3)5-4-15-7-13-6-11-9(12-13)8(10)14/h6H,4-5,7H2,1-3H3,(H2,10,14). The van der Waals surface area contributed by atoms with E-state index in [1.54, 1.807) is 0 Å². The maximum Gasteiger partial charge on any atom is 0.288 e. The lowest BCUT2D eigenvalue weighted by atomic mass is 10.6. The average Bonchev–Trinajstić information content (AvgIpc) is 2.59. The molecule has 0 aliphatic carbocycles. The van der Waals surface area contributed by atoms with Crippen molar-refractivity contribution in [3.8, 4) is 0 Å². The Bertz CT molecular complexity index is 359. The van der Waals surface area contributed by atoms with Crippen LogP contribution in [0.4, 0.5) is 0 Å². The van der Waals surface area contributed by atoms with E-state index in [1.807, 2.05) is 0 Å². The fourth-order valence-electron chi connectivity index (χ4n) is 1.01. The zero-order chi connectivity index (χ0) is 12.2. The van der Waals surface area contributed by atoms with E-state index in [1.165, 1.54) is 11.0 Å². The fourth-order valence-corrected chi connectivity index (χ4v) is 1.76. The molecule has 0 bridgehead atoms. The number of carbonyl (C=O) groups excluding carboxylic acids is 1. The summed E-state index contributed by atoms with van der Waals surface area (Å²) in [6.07, 6.45) is 1.44. The van der Waals surface area contributed by atoms with Crippen LogP contribution in [0.1, 0.15) is 10.6 Å². The third-order valence-electron chi connectivity index (χ3n) is 1.98. The Kier molecular flexibility index (Phi) is 4.19. The van der Waals surface area contributed by atoms with Crippen LogP contribution >= 0.6 is 0 Å². The molecule has 1 heterocycles. The number of rotatable bonds is 6. The van der Waals surface area contributed by atoms with Crippen LogP contribution in [0.25, 0.3) is 0 Å². The normalized spacial score (nSPS) is 11.7. The van der Waals surface area contributed by atoms with E-state index in [2.05, 4.69) is 29.7 Å². The lowest BCUT2D eigenvalue weighted by Crippen LogP contribution is -2.22. The number of ether oxygens (including phenoxy) is 1. The molecule has 0 aromatic carbocycles. The number of nitrogens with zero attached hydrogens (tertiary/aromatic N) is 3. The molecule has 1 rings (SSSR count). The minimum absolute atomic E-state index is 0.0220. The van der Waals surface area contributed by atoms with Gasteiger partial charge >= 0.3 is 0 Å². The molecule has 2 N–H and O–H groups in total. The van der Waals surface area contributed by atoms with Crippen molar-refractivity contribution in [2.24, 2.45) is 5.73 Å². The second-order valence-corrected chi connectivity index (χ2v) is 10.4. The summed E-state index contributed by atoms with van der Waals surface area (Å²) in [5.41, 5.74) is 5.03. The average molecular weight is 242 g/mol. The van der Waals surface area contributed by atoms with Crippen LogP contribution in [-0.2, 0) is 11.5 Å². The van der Waals surface area contributed by atoms with Crippen LogP contribution in [0.3, 0.4) is 0 Å². The molecule has 6 nitrogen and oxygen atoms in total. The van der Waals surface area contributed by atoms with Crippen LogP contribution in [0, 0.1) is 0 Å². The van der Waals surface area contributed by atoms with E-state index in [0.29, 0.717) is 13.3 Å². The SMILES string of the molecule is C[Si](C)(C)CCOCn1cnc(C(N)=O)n1. The van der Waals surface area contributed by atoms with Gasteiger partial charge < -0.3 is 10.5 Å². The summed E-state index contributed by atoms with van der Waals surface area (Å²) in [4.78, 5) is 14.5. The van der Waals surface area contributed by atoms with Crippen molar-refractivity contribution in [3.63, 3.8) is 0 Å². The summed E-state index contributed by atoms with van der Waals surface area (Å²) < 4.78 is 6.89. The van der Waals surface area contributed by atoms with Gasteiger partial charge in [0.05, 0.1) is 0 Å². The van der Waals surface area contributed by atoms with E-state index in [0.717, 1.165) is 6.04 Å². The number of carbonyl (C=O) groups is 1. The van der Waals surface area contributed by atoms with Gasteiger partial charge in [-0.05, 0) is 6.04 Å². The maximum atomic E-state index is 10.7. The molecule has 0 spiro atoms. The van der Waals surface area contributed by atoms with Gasteiger partial charge in [0.25, 0.3) is 5.91 Å². The molecule has 0 saturated heterocycles. The molecule has 1 aromatic rings. The molecule has 0 aliphatic rings. The highest BCUT2D eigenvalue weighted by Gasteiger charge is 2.12. The quantitative estimate of drug-likeness (QED) is 0.587. The van der Waals surface area contributed by atoms with Gasteiger partial charge in [0.15, 0.2) is 0 Å². The van der Waals surface area contributed by atoms with Crippen molar-refractivity contribution >= 4 is 14.0 Å². The summed E-state index contributed by atoms with van der Waals surface area (Å²) in [5.74, 6) is -0.602. The number of hydrogen-bond donors (Lipinski definition) is 1. The number of aromatic nitrogens is 3. The lowest BCUT2D eigenvalue weighted by molar-refractivity contribution is 0.0777. The van der Waals surface area contributed by atoms with E-state index >= 15 is 0 Å². The van der Waals surface area contributed by atoms with Gasteiger partial charge in [-0.2, -0.15) is 0 Å². The predicted molar refractivity (Wildman–Crippen MR) is 62.6 cm³/mol. The molecule has 90 valence electrons. The predicted octanol–water partition coefficient (Wildman–Crippen LogP) is 0.689. The second-order valence-electron chi connectivity index (χ2n) is 4.82. The summed E-state index contributed by atoms with van der Waals surface area (Å²) in [7, 11) is -1.05. The highest BCUT2D eigenvalue weighted by atomic mass is 28.3. The highest BCUT2D eigenvalue weighted by molar-refractivity contribution is 6.76. The van der Waals surface area contributed by atoms with Crippen LogP contribution in [-0.4, -0.2) is 35.4 Å². The molecule has 7 heteroatoms. The Morgan fingerprint density at radius 2 is 2.25 bits per heavy atom. The zero-order valence-electron chi connectivity index (χ0n) is 9.93. The first kappa shape index (κ1) is 12.9. The van der Waals surface area contributed by atoms with Gasteiger partial charge in [-0.3, -0.25) is 4.79 Å². The van der Waals surface area contributed by atoms with Crippen LogP contribution in [0.5, 0.6) is 0 Å². The Morgan fingerprint density at radius 3 is 2.75 bits per heavy atom. The van der Waals surface area contributed by atoms with Crippen LogP contribution in [0.15, 0.2) is 6.33 Å². The molecule has 0 radical (unpaired) electrons. The fraction of sp³-hybridized carbons (Fsp3) is 0.667. The minimum Gasteiger partial charge on any atom is -0.363 e. The van der Waals surface area contributed by atoms with Crippen molar-refractivity contribution in [2.75, 3.05) is 6.61 Å². The zero-order valence-corrected chi connectivity index (χ0v) is 10.9. The Balaban J connectivity index is 2.30. The molecular weight excluding hydrogens is 224 g/mol. The molecule has 0 aliphatic heterocycles. The third-order valence-corrected chi connectivity index (χ3v) is 3.68. The number of primary amides is 1. The smallest absolute Gasteiger partial charge is 0.288 e. The molecule has 1 aromatic heterocycles. The molecule has 1 amide bonds. The summed E-state index contributed by atoms with van der Waals surface area (Å²) in [5, 5.41) is 3.86. The lowest BCUT2D eigenvalue weighted by Gasteiger charge is -2.15. The summed E-state index contributed by atoms with van der Waals surface area (Å²) in [6, 6.07) is 1.10.